The van der Waals surface area contributed by atoms with Crippen molar-refractivity contribution in [3.05, 3.63) is 54.7 Å². The third-order valence-corrected chi connectivity index (χ3v) is 2.04. The number of allylic oxidation sites excluding steroid dienone is 1. The number of hydrogen-bond donors (Lipinski definition) is 1. The summed E-state index contributed by atoms with van der Waals surface area (Å²) in [4.78, 5) is 18.5. The van der Waals surface area contributed by atoms with Crippen LogP contribution in [0.1, 0.15) is 18.1 Å². The van der Waals surface area contributed by atoms with E-state index in [4.69, 9.17) is 14.6 Å². The van der Waals surface area contributed by atoms with E-state index in [1.54, 1.807) is 12.4 Å². The van der Waals surface area contributed by atoms with E-state index >= 15 is 0 Å². The molecule has 0 aromatic heterocycles. The molecule has 7 heteroatoms. The molecule has 1 aromatic carbocycles. The van der Waals surface area contributed by atoms with Gasteiger partial charge in [-0.15, -0.1) is 6.07 Å². The van der Waals surface area contributed by atoms with Crippen LogP contribution in [0.3, 0.4) is 0 Å². The van der Waals surface area contributed by atoms with Crippen molar-refractivity contribution < 1.29 is 127 Å². The van der Waals surface area contributed by atoms with Crippen molar-refractivity contribution in [1.29, 1.82) is 0 Å². The van der Waals surface area contributed by atoms with E-state index in [1.165, 1.54) is 13.2 Å². The molecule has 1 aromatic rings. The number of aryl methyl sites for hydroxylation is 1. The number of rotatable bonds is 4. The fraction of sp³-hybridized carbons (Fsp3) is 0.250. The van der Waals surface area contributed by atoms with Gasteiger partial charge in [-0.3, -0.25) is 10.9 Å². The summed E-state index contributed by atoms with van der Waals surface area (Å²) in [6.45, 7) is 8.94. The van der Waals surface area contributed by atoms with E-state index in [0.717, 1.165) is 12.0 Å². The molecule has 0 bridgehead atoms. The first-order valence-corrected chi connectivity index (χ1v) is 5.86. The van der Waals surface area contributed by atoms with Gasteiger partial charge in [0.2, 0.25) is 0 Å². The summed E-state index contributed by atoms with van der Waals surface area (Å²) >= 11 is 0. The van der Waals surface area contributed by atoms with Gasteiger partial charge in [-0.05, 0) is 24.0 Å². The maximum Gasteiger partial charge on any atom is 1.00 e. The second-order valence-corrected chi connectivity index (χ2v) is 3.25. The molecule has 0 unspecified atom stereocenters. The molecule has 1 rings (SSSR count). The smallest absolute Gasteiger partial charge is 0.582 e. The van der Waals surface area contributed by atoms with Crippen LogP contribution in [-0.2, 0) is 16.0 Å². The van der Waals surface area contributed by atoms with Crippen LogP contribution in [0.5, 0.6) is 5.75 Å². The number of hydrogen-bond acceptors (Lipinski definition) is 4. The molecule has 0 radical (unpaired) electrons. The Labute approximate surface area is 222 Å². The molecule has 0 saturated heterocycles. The van der Waals surface area contributed by atoms with Crippen LogP contribution in [0.2, 0.25) is 0 Å². The van der Waals surface area contributed by atoms with Crippen molar-refractivity contribution in [2.24, 2.45) is 0 Å². The second kappa shape index (κ2) is 23.0. The summed E-state index contributed by atoms with van der Waals surface area (Å²) in [7, 11) is 1.49. The van der Waals surface area contributed by atoms with Gasteiger partial charge in [-0.1, -0.05) is 19.5 Å². The SMILES string of the molecule is CCc1cc(OC)c([C-]=C[C-]=O)cc1F.[CH-]=C=O.[CH2-]CO.[K+].[K+]. The summed E-state index contributed by atoms with van der Waals surface area (Å²) < 4.78 is 18.4. The Morgan fingerprint density at radius 3 is 2.30 bits per heavy atom. The minimum Gasteiger partial charge on any atom is -0.582 e. The fourth-order valence-electron chi connectivity index (χ4n) is 1.26. The van der Waals surface area contributed by atoms with Gasteiger partial charge in [0.05, 0.1) is 7.11 Å². The number of carbonyl (C=O) groups excluding carboxylic acids is 2. The number of aliphatic hydroxyl groups is 1. The summed E-state index contributed by atoms with van der Waals surface area (Å²) in [5.74, 6) is 1.18. The number of aliphatic hydroxyl groups excluding tert-OH is 1. The van der Waals surface area contributed by atoms with E-state index in [-0.39, 0.29) is 115 Å². The summed E-state index contributed by atoms with van der Waals surface area (Å²) in [5.41, 5.74) is 0.989. The van der Waals surface area contributed by atoms with E-state index < -0.39 is 0 Å². The normalized spacial score (nSPS) is 8.04. The van der Waals surface area contributed by atoms with Crippen LogP contribution in [0.4, 0.5) is 4.39 Å². The zero-order valence-corrected chi connectivity index (χ0v) is 20.2. The van der Waals surface area contributed by atoms with Crippen molar-refractivity contribution in [2.75, 3.05) is 13.7 Å². The van der Waals surface area contributed by atoms with Crippen molar-refractivity contribution in [1.82, 2.24) is 0 Å². The molecule has 1 N–H and O–H groups in total. The average Bonchev–Trinajstić information content (AvgIpc) is 2.47. The number of ether oxygens (including phenoxy) is 1. The topological polar surface area (TPSA) is 63.6 Å². The van der Waals surface area contributed by atoms with Crippen molar-refractivity contribution in [3.63, 3.8) is 0 Å². The van der Waals surface area contributed by atoms with Gasteiger partial charge < -0.3 is 28.1 Å². The minimum absolute atomic E-state index is 0. The third kappa shape index (κ3) is 16.3. The molecule has 0 atom stereocenters. The first-order valence-electron chi connectivity index (χ1n) is 5.86. The molecule has 0 aliphatic rings. The van der Waals surface area contributed by atoms with Crippen molar-refractivity contribution >= 4 is 12.2 Å². The van der Waals surface area contributed by atoms with Gasteiger partial charge in [-0.25, -0.2) is 16.0 Å². The molecule has 0 saturated carbocycles. The van der Waals surface area contributed by atoms with Gasteiger partial charge in [0, 0.05) is 5.82 Å². The van der Waals surface area contributed by atoms with E-state index in [1.807, 2.05) is 6.92 Å². The van der Waals surface area contributed by atoms with Gasteiger partial charge in [0.1, 0.15) is 0 Å². The van der Waals surface area contributed by atoms with Crippen LogP contribution < -0.4 is 108 Å². The average molecular weight is 371 g/mol. The van der Waals surface area contributed by atoms with Gasteiger partial charge in [0.25, 0.3) is 0 Å². The zero-order valence-electron chi connectivity index (χ0n) is 14.0. The maximum atomic E-state index is 13.4. The second-order valence-electron chi connectivity index (χ2n) is 3.25. The Bertz CT molecular complexity index is 485. The van der Waals surface area contributed by atoms with Gasteiger partial charge in [-0.2, -0.15) is 6.07 Å². The number of benzene rings is 1. The molecule has 0 spiro atoms. The standard InChI is InChI=1S/C12H11FO2.C2H5O.C2HO.2K/c1-3-9-8-12(15-2)10(5-4-6-14)7-11(9)13;2*1-2-3;;/h4,7-8H,3H2,1-2H3;3H,1-2H2;1H;;/q-2;2*-1;2*+1. The third-order valence-electron chi connectivity index (χ3n) is 2.04. The predicted octanol–water partition coefficient (Wildman–Crippen LogP) is -4.16. The molecule has 0 heterocycles. The van der Waals surface area contributed by atoms with Crippen LogP contribution in [-0.4, -0.2) is 31.1 Å². The molecule has 0 aliphatic heterocycles. The molecular formula is C16H17FK2O4-2. The Balaban J connectivity index is -0.000000197. The fourth-order valence-corrected chi connectivity index (χ4v) is 1.26. The molecule has 4 nitrogen and oxygen atoms in total. The Hall–Kier alpha value is 1.04. The first-order chi connectivity index (χ1) is 10.1. The molecule has 0 fully saturated rings. The Morgan fingerprint density at radius 2 is 1.96 bits per heavy atom. The van der Waals surface area contributed by atoms with Gasteiger partial charge in [0.15, 0.2) is 0 Å². The van der Waals surface area contributed by atoms with E-state index in [0.29, 0.717) is 23.3 Å². The summed E-state index contributed by atoms with van der Waals surface area (Å²) in [6.07, 6.45) is 5.79. The summed E-state index contributed by atoms with van der Waals surface area (Å²) in [5, 5.41) is 7.46. The monoisotopic (exact) mass is 370 g/mol. The number of halogens is 1. The first kappa shape index (κ1) is 31.8. The maximum absolute atomic E-state index is 13.4. The summed E-state index contributed by atoms with van der Waals surface area (Å²) in [6, 6.07) is 2.90. The van der Waals surface area contributed by atoms with Crippen molar-refractivity contribution in [2.45, 2.75) is 13.3 Å². The molecular weight excluding hydrogens is 353 g/mol. The minimum atomic E-state index is -0.319. The van der Waals surface area contributed by atoms with Crippen LogP contribution in [0, 0.1) is 25.4 Å². The zero-order chi connectivity index (χ0) is 16.7. The molecule has 116 valence electrons. The molecule has 23 heavy (non-hydrogen) atoms. The quantitative estimate of drug-likeness (QED) is 0.253. The number of methoxy groups -OCH3 is 1. The predicted molar refractivity (Wildman–Crippen MR) is 77.4 cm³/mol. The van der Waals surface area contributed by atoms with E-state index in [9.17, 15) is 9.18 Å². The largest absolute Gasteiger partial charge is 1.00 e. The molecule has 0 amide bonds. The van der Waals surface area contributed by atoms with Crippen LogP contribution in [0.15, 0.2) is 18.2 Å². The van der Waals surface area contributed by atoms with Crippen LogP contribution >= 0.6 is 0 Å². The van der Waals surface area contributed by atoms with Crippen LogP contribution in [0.25, 0.3) is 0 Å². The Morgan fingerprint density at radius 1 is 1.48 bits per heavy atom. The van der Waals surface area contributed by atoms with E-state index in [2.05, 4.69) is 19.6 Å². The Kier molecular flexibility index (Phi) is 31.8. The van der Waals surface area contributed by atoms with Gasteiger partial charge >= 0.3 is 103 Å². The molecule has 0 aliphatic carbocycles. The van der Waals surface area contributed by atoms with Crippen molar-refractivity contribution in [3.8, 4) is 5.75 Å².